The van der Waals surface area contributed by atoms with Crippen LogP contribution in [0.5, 0.6) is 0 Å². The van der Waals surface area contributed by atoms with Crippen molar-refractivity contribution in [2.24, 2.45) is 0 Å². The molecule has 2 aromatic carbocycles. The van der Waals surface area contributed by atoms with Crippen molar-refractivity contribution in [3.8, 4) is 0 Å². The molecule has 0 spiro atoms. The number of benzene rings is 2. The smallest absolute Gasteiger partial charge is 0.175 e. The maximum absolute atomic E-state index is 5.64. The first-order valence-electron chi connectivity index (χ1n) is 7.45. The lowest BCUT2D eigenvalue weighted by atomic mass is 10.3. The van der Waals surface area contributed by atoms with Crippen LogP contribution in [0.4, 0.5) is 17.1 Å². The molecule has 7 heteroatoms. The second-order valence-electron chi connectivity index (χ2n) is 5.03. The van der Waals surface area contributed by atoms with E-state index in [1.165, 1.54) is 0 Å². The zero-order chi connectivity index (χ0) is 17.5. The van der Waals surface area contributed by atoms with Gasteiger partial charge in [-0.05, 0) is 66.8 Å². The first-order chi connectivity index (χ1) is 12.2. The first kappa shape index (κ1) is 16.9. The number of hydrogen-bond acceptors (Lipinski definition) is 5. The number of fused-ring (bicyclic) bond motifs is 1. The summed E-state index contributed by atoms with van der Waals surface area (Å²) in [6.45, 7) is 0. The summed E-state index contributed by atoms with van der Waals surface area (Å²) in [6.07, 6.45) is 3.25. The molecule has 4 N–H and O–H groups in total. The van der Waals surface area contributed by atoms with Gasteiger partial charge in [0.1, 0.15) is 0 Å². The van der Waals surface area contributed by atoms with E-state index in [9.17, 15) is 0 Å². The van der Waals surface area contributed by atoms with E-state index in [0.29, 0.717) is 5.11 Å². The van der Waals surface area contributed by atoms with Crippen molar-refractivity contribution < 1.29 is 4.42 Å². The molecule has 2 aromatic heterocycles. The Bertz CT molecular complexity index is 916. The van der Waals surface area contributed by atoms with E-state index in [2.05, 4.69) is 20.0 Å². The molecule has 0 aliphatic heterocycles. The van der Waals surface area contributed by atoms with E-state index >= 15 is 0 Å². The molecule has 0 aliphatic rings. The maximum atomic E-state index is 5.64. The third kappa shape index (κ3) is 5.03. The minimum Gasteiger partial charge on any atom is -0.473 e. The van der Waals surface area contributed by atoms with E-state index in [4.69, 9.17) is 18.0 Å². The Morgan fingerprint density at radius 3 is 2.36 bits per heavy atom. The van der Waals surface area contributed by atoms with Crippen LogP contribution in [0.3, 0.4) is 0 Å². The molecule has 0 bridgehead atoms. The van der Waals surface area contributed by atoms with Crippen molar-refractivity contribution in [1.82, 2.24) is 4.98 Å². The van der Waals surface area contributed by atoms with Crippen molar-refractivity contribution in [1.29, 1.82) is 0 Å². The molecular weight excluding hydrogens is 352 g/mol. The van der Waals surface area contributed by atoms with Crippen LogP contribution in [0.15, 0.2) is 77.1 Å². The molecule has 0 fully saturated rings. The van der Waals surface area contributed by atoms with Crippen LogP contribution in [0, 0.1) is 0 Å². The second kappa shape index (κ2) is 8.27. The average molecular weight is 368 g/mol. The van der Waals surface area contributed by atoms with Crippen LogP contribution in [0.25, 0.3) is 10.2 Å². The van der Waals surface area contributed by atoms with Gasteiger partial charge in [-0.3, -0.25) is 0 Å². The SMILES string of the molecule is Nc1ccc(NC(=S)Nc2ccc3scnc3c2)cc1.c1ccoc1. The first-order valence-corrected chi connectivity index (χ1v) is 8.73. The molecule has 0 saturated heterocycles. The van der Waals surface area contributed by atoms with Gasteiger partial charge in [-0.15, -0.1) is 11.3 Å². The molecule has 0 aliphatic carbocycles. The highest BCUT2D eigenvalue weighted by Crippen LogP contribution is 2.21. The van der Waals surface area contributed by atoms with Gasteiger partial charge in [-0.1, -0.05) is 0 Å². The second-order valence-corrected chi connectivity index (χ2v) is 6.32. The van der Waals surface area contributed by atoms with Gasteiger partial charge in [-0.25, -0.2) is 4.98 Å². The standard InChI is InChI=1S/C14H12N4S2.C4H4O/c15-9-1-3-10(4-2-9)17-14(19)18-11-5-6-13-12(7-11)16-8-20-13;1-2-4-5-3-1/h1-8H,15H2,(H2,17,18,19);1-4H. The van der Waals surface area contributed by atoms with Crippen LogP contribution >= 0.6 is 23.6 Å². The number of furan rings is 1. The van der Waals surface area contributed by atoms with Gasteiger partial charge in [0.05, 0.1) is 28.3 Å². The molecule has 25 heavy (non-hydrogen) atoms. The lowest BCUT2D eigenvalue weighted by molar-refractivity contribution is 0.567. The predicted molar refractivity (Wildman–Crippen MR) is 109 cm³/mol. The predicted octanol–water partition coefficient (Wildman–Crippen LogP) is 4.97. The van der Waals surface area contributed by atoms with E-state index in [1.807, 2.05) is 60.1 Å². The Morgan fingerprint density at radius 1 is 1.00 bits per heavy atom. The van der Waals surface area contributed by atoms with Crippen molar-refractivity contribution in [3.63, 3.8) is 0 Å². The van der Waals surface area contributed by atoms with Gasteiger partial charge in [0.2, 0.25) is 0 Å². The Labute approximate surface area is 154 Å². The summed E-state index contributed by atoms with van der Waals surface area (Å²) in [7, 11) is 0. The molecule has 0 atom stereocenters. The minimum atomic E-state index is 0.532. The summed E-state index contributed by atoms with van der Waals surface area (Å²) in [5, 5.41) is 6.78. The summed E-state index contributed by atoms with van der Waals surface area (Å²) in [6, 6.07) is 17.1. The normalized spacial score (nSPS) is 9.92. The Hall–Kier alpha value is -2.90. The number of hydrogen-bond donors (Lipinski definition) is 3. The van der Waals surface area contributed by atoms with Gasteiger partial charge in [0.15, 0.2) is 5.11 Å². The topological polar surface area (TPSA) is 76.1 Å². The third-order valence-electron chi connectivity index (χ3n) is 3.18. The molecule has 4 rings (SSSR count). The quantitative estimate of drug-likeness (QED) is 0.343. The molecule has 2 heterocycles. The molecule has 126 valence electrons. The van der Waals surface area contributed by atoms with Crippen LogP contribution in [0.1, 0.15) is 0 Å². The lowest BCUT2D eigenvalue weighted by Crippen LogP contribution is -2.18. The summed E-state index contributed by atoms with van der Waals surface area (Å²) in [5.74, 6) is 0. The molecule has 0 unspecified atom stereocenters. The van der Waals surface area contributed by atoms with Gasteiger partial charge in [0.25, 0.3) is 0 Å². The number of rotatable bonds is 2. The lowest BCUT2D eigenvalue weighted by Gasteiger charge is -2.10. The number of aromatic nitrogens is 1. The fourth-order valence-corrected chi connectivity index (χ4v) is 2.92. The van der Waals surface area contributed by atoms with Gasteiger partial charge >= 0.3 is 0 Å². The number of nitrogens with two attached hydrogens (primary N) is 1. The van der Waals surface area contributed by atoms with Crippen molar-refractivity contribution in [2.75, 3.05) is 16.4 Å². The third-order valence-corrected chi connectivity index (χ3v) is 4.20. The summed E-state index contributed by atoms with van der Waals surface area (Å²) < 4.78 is 5.74. The minimum absolute atomic E-state index is 0.532. The van der Waals surface area contributed by atoms with Crippen molar-refractivity contribution >= 4 is 55.9 Å². The van der Waals surface area contributed by atoms with E-state index in [-0.39, 0.29) is 0 Å². The summed E-state index contributed by atoms with van der Waals surface area (Å²) in [4.78, 5) is 4.28. The van der Waals surface area contributed by atoms with E-state index < -0.39 is 0 Å². The van der Waals surface area contributed by atoms with Crippen molar-refractivity contribution in [3.05, 3.63) is 72.6 Å². The number of anilines is 3. The van der Waals surface area contributed by atoms with Gasteiger partial charge < -0.3 is 20.8 Å². The molecule has 5 nitrogen and oxygen atoms in total. The van der Waals surface area contributed by atoms with Crippen LogP contribution in [-0.2, 0) is 0 Å². The Kier molecular flexibility index (Phi) is 5.61. The molecular formula is C18H16N4OS2. The number of nitrogens with one attached hydrogen (secondary N) is 2. The molecule has 0 radical (unpaired) electrons. The Balaban J connectivity index is 0.000000314. The van der Waals surface area contributed by atoms with Gasteiger partial charge in [0, 0.05) is 17.1 Å². The average Bonchev–Trinajstić information content (AvgIpc) is 3.30. The molecule has 4 aromatic rings. The zero-order valence-electron chi connectivity index (χ0n) is 13.2. The van der Waals surface area contributed by atoms with Crippen LogP contribution in [-0.4, -0.2) is 10.1 Å². The highest BCUT2D eigenvalue weighted by molar-refractivity contribution is 7.80. The highest BCUT2D eigenvalue weighted by Gasteiger charge is 2.02. The van der Waals surface area contributed by atoms with Gasteiger partial charge in [-0.2, -0.15) is 0 Å². The zero-order valence-corrected chi connectivity index (χ0v) is 14.8. The van der Waals surface area contributed by atoms with Crippen LogP contribution in [0.2, 0.25) is 0 Å². The summed E-state index contributed by atoms with van der Waals surface area (Å²) >= 11 is 6.90. The number of thiazole rings is 1. The number of thiocarbonyl (C=S) groups is 1. The fourth-order valence-electron chi connectivity index (χ4n) is 2.02. The van der Waals surface area contributed by atoms with E-state index in [1.54, 1.807) is 23.9 Å². The highest BCUT2D eigenvalue weighted by atomic mass is 32.1. The molecule has 0 amide bonds. The fraction of sp³-hybridized carbons (Fsp3) is 0. The molecule has 0 saturated carbocycles. The van der Waals surface area contributed by atoms with E-state index in [0.717, 1.165) is 27.3 Å². The largest absolute Gasteiger partial charge is 0.473 e. The Morgan fingerprint density at radius 2 is 1.68 bits per heavy atom. The van der Waals surface area contributed by atoms with Crippen molar-refractivity contribution in [2.45, 2.75) is 0 Å². The maximum Gasteiger partial charge on any atom is 0.175 e. The monoisotopic (exact) mass is 368 g/mol. The van der Waals surface area contributed by atoms with Crippen LogP contribution < -0.4 is 16.4 Å². The number of nitrogen functional groups attached to an aromatic ring is 1. The number of nitrogens with zero attached hydrogens (tertiary/aromatic N) is 1. The summed E-state index contributed by atoms with van der Waals surface area (Å²) in [5.41, 5.74) is 11.0.